The minimum atomic E-state index is 0.434. The Bertz CT molecular complexity index is 1200. The Labute approximate surface area is 209 Å². The predicted octanol–water partition coefficient (Wildman–Crippen LogP) is 7.66. The molecule has 2 heteroatoms. The molecule has 0 amide bonds. The molecule has 0 saturated carbocycles. The molecule has 1 heterocycles. The number of rotatable bonds is 5. The standard InChI is InChI=1S/C31H26Se2/c1-5-14-24(15-6-1)28(25-16-7-2-8-17-25)29(26-18-9-3-10-19-26)31-30(32-22-13-23-33-31)27-20-11-4-12-21-27/h1-12,14-21H,13,22-23H2. The van der Waals surface area contributed by atoms with Crippen LogP contribution in [-0.4, -0.2) is 29.9 Å². The van der Waals surface area contributed by atoms with Gasteiger partial charge in [0.05, 0.1) is 0 Å². The molecule has 0 spiro atoms. The minimum absolute atomic E-state index is 0.434. The van der Waals surface area contributed by atoms with Gasteiger partial charge in [-0.05, 0) is 0 Å². The molecule has 0 radical (unpaired) electrons. The monoisotopic (exact) mass is 558 g/mol. The van der Waals surface area contributed by atoms with E-state index in [2.05, 4.69) is 121 Å². The Balaban J connectivity index is 1.89. The van der Waals surface area contributed by atoms with Gasteiger partial charge in [0.25, 0.3) is 0 Å². The van der Waals surface area contributed by atoms with Crippen molar-refractivity contribution in [2.45, 2.75) is 17.1 Å². The molecule has 0 N–H and O–H groups in total. The Morgan fingerprint density at radius 3 is 1.39 bits per heavy atom. The maximum absolute atomic E-state index is 2.31. The van der Waals surface area contributed by atoms with Gasteiger partial charge in [0, 0.05) is 0 Å². The van der Waals surface area contributed by atoms with E-state index in [4.69, 9.17) is 0 Å². The van der Waals surface area contributed by atoms with Crippen LogP contribution in [-0.2, 0) is 0 Å². The van der Waals surface area contributed by atoms with Gasteiger partial charge in [-0.15, -0.1) is 0 Å². The van der Waals surface area contributed by atoms with Crippen LogP contribution in [0.25, 0.3) is 15.6 Å². The number of benzene rings is 4. The van der Waals surface area contributed by atoms with Gasteiger partial charge in [-0.3, -0.25) is 0 Å². The van der Waals surface area contributed by atoms with E-state index in [-0.39, 0.29) is 0 Å². The van der Waals surface area contributed by atoms with Gasteiger partial charge in [0.15, 0.2) is 0 Å². The van der Waals surface area contributed by atoms with Crippen LogP contribution in [0.1, 0.15) is 28.7 Å². The van der Waals surface area contributed by atoms with E-state index in [0.29, 0.717) is 29.9 Å². The first-order valence-electron chi connectivity index (χ1n) is 11.4. The van der Waals surface area contributed by atoms with Crippen LogP contribution in [0, 0.1) is 0 Å². The zero-order chi connectivity index (χ0) is 22.3. The Morgan fingerprint density at radius 1 is 0.455 bits per heavy atom. The van der Waals surface area contributed by atoms with Gasteiger partial charge in [-0.25, -0.2) is 0 Å². The van der Waals surface area contributed by atoms with Crippen LogP contribution in [0.15, 0.2) is 126 Å². The molecular weight excluding hydrogens is 530 g/mol. The van der Waals surface area contributed by atoms with Crippen molar-refractivity contribution in [2.75, 3.05) is 0 Å². The Hall–Kier alpha value is -2.60. The summed E-state index contributed by atoms with van der Waals surface area (Å²) in [6.45, 7) is 0. The number of hydrogen-bond donors (Lipinski definition) is 0. The summed E-state index contributed by atoms with van der Waals surface area (Å²) in [6.07, 6.45) is 1.34. The molecule has 0 saturated heterocycles. The van der Waals surface area contributed by atoms with Gasteiger partial charge < -0.3 is 0 Å². The zero-order valence-electron chi connectivity index (χ0n) is 18.5. The van der Waals surface area contributed by atoms with Crippen molar-refractivity contribution in [3.05, 3.63) is 148 Å². The van der Waals surface area contributed by atoms with Crippen LogP contribution >= 0.6 is 0 Å². The second-order valence-electron chi connectivity index (χ2n) is 7.92. The van der Waals surface area contributed by atoms with Gasteiger partial charge in [0.1, 0.15) is 0 Å². The SMILES string of the molecule is c1ccc(C2=C(C(=C(c3ccccc3)c3ccccc3)c3ccccc3)[Se]CCC[Se]2)cc1. The molecule has 0 fully saturated rings. The molecule has 0 atom stereocenters. The van der Waals surface area contributed by atoms with Crippen molar-refractivity contribution in [3.8, 4) is 0 Å². The van der Waals surface area contributed by atoms with Gasteiger partial charge in [-0.2, -0.15) is 0 Å². The average Bonchev–Trinajstić information content (AvgIpc) is 3.15. The molecule has 0 aromatic heterocycles. The molecule has 5 rings (SSSR count). The summed E-state index contributed by atoms with van der Waals surface area (Å²) in [7, 11) is 0. The third kappa shape index (κ3) is 5.16. The molecule has 0 bridgehead atoms. The van der Waals surface area contributed by atoms with Crippen molar-refractivity contribution in [1.29, 1.82) is 0 Å². The molecule has 0 aliphatic carbocycles. The van der Waals surface area contributed by atoms with E-state index in [0.717, 1.165) is 0 Å². The van der Waals surface area contributed by atoms with Crippen LogP contribution in [0.5, 0.6) is 0 Å². The second-order valence-corrected chi connectivity index (χ2v) is 12.6. The van der Waals surface area contributed by atoms with Crippen LogP contribution in [0.3, 0.4) is 0 Å². The van der Waals surface area contributed by atoms with E-state index >= 15 is 0 Å². The molecule has 4 aromatic rings. The number of allylic oxidation sites excluding steroid dienone is 2. The fourth-order valence-electron chi connectivity index (χ4n) is 4.19. The molecule has 1 aliphatic rings. The average molecular weight is 556 g/mol. The third-order valence-corrected chi connectivity index (χ3v) is 11.4. The van der Waals surface area contributed by atoms with E-state index in [1.807, 2.05) is 0 Å². The van der Waals surface area contributed by atoms with E-state index < -0.39 is 0 Å². The first-order chi connectivity index (χ1) is 16.4. The van der Waals surface area contributed by atoms with Crippen molar-refractivity contribution in [3.63, 3.8) is 0 Å². The quantitative estimate of drug-likeness (QED) is 0.175. The van der Waals surface area contributed by atoms with Crippen LogP contribution in [0.4, 0.5) is 0 Å². The van der Waals surface area contributed by atoms with Gasteiger partial charge in [0.2, 0.25) is 0 Å². The summed E-state index contributed by atoms with van der Waals surface area (Å²) < 4.78 is 3.20. The summed E-state index contributed by atoms with van der Waals surface area (Å²) in [5.41, 5.74) is 8.08. The van der Waals surface area contributed by atoms with Crippen molar-refractivity contribution in [2.24, 2.45) is 0 Å². The fraction of sp³-hybridized carbons (Fsp3) is 0.0968. The predicted molar refractivity (Wildman–Crippen MR) is 144 cm³/mol. The number of hydrogen-bond acceptors (Lipinski definition) is 0. The molecule has 4 aromatic carbocycles. The molecule has 0 unspecified atom stereocenters. The summed E-state index contributed by atoms with van der Waals surface area (Å²) in [5.74, 6) is 0. The van der Waals surface area contributed by atoms with Crippen molar-refractivity contribution in [1.82, 2.24) is 0 Å². The molecular formula is C31H26Se2. The van der Waals surface area contributed by atoms with Gasteiger partial charge in [-0.1, -0.05) is 0 Å². The zero-order valence-corrected chi connectivity index (χ0v) is 21.9. The van der Waals surface area contributed by atoms with Crippen LogP contribution in [0.2, 0.25) is 10.6 Å². The Kier molecular flexibility index (Phi) is 7.41. The second kappa shape index (κ2) is 11.0. The first-order valence-corrected chi connectivity index (χ1v) is 15.5. The van der Waals surface area contributed by atoms with Crippen LogP contribution < -0.4 is 0 Å². The van der Waals surface area contributed by atoms with E-state index in [1.54, 1.807) is 8.94 Å². The molecule has 1 aliphatic heterocycles. The summed E-state index contributed by atoms with van der Waals surface area (Å²) in [6, 6.07) is 44.2. The summed E-state index contributed by atoms with van der Waals surface area (Å²) >= 11 is 0.914. The summed E-state index contributed by atoms with van der Waals surface area (Å²) in [4.78, 5) is 0. The molecule has 33 heavy (non-hydrogen) atoms. The summed E-state index contributed by atoms with van der Waals surface area (Å²) in [5, 5.41) is 2.64. The Morgan fingerprint density at radius 2 is 0.879 bits per heavy atom. The van der Waals surface area contributed by atoms with Crippen molar-refractivity contribution < 1.29 is 0 Å². The van der Waals surface area contributed by atoms with Gasteiger partial charge >= 0.3 is 211 Å². The first kappa shape index (κ1) is 22.2. The third-order valence-electron chi connectivity index (χ3n) is 5.69. The molecule has 162 valence electrons. The maximum atomic E-state index is 2.31. The fourth-order valence-corrected chi connectivity index (χ4v) is 10.9. The van der Waals surface area contributed by atoms with Crippen molar-refractivity contribution >= 4 is 45.5 Å². The van der Waals surface area contributed by atoms with E-state index in [9.17, 15) is 0 Å². The molecule has 0 nitrogen and oxygen atoms in total. The normalized spacial score (nSPS) is 13.9. The topological polar surface area (TPSA) is 0 Å². The van der Waals surface area contributed by atoms with E-state index in [1.165, 1.54) is 50.5 Å².